The molecule has 5 heteroatoms. The molecule has 20 heavy (non-hydrogen) atoms. The molecule has 0 bridgehead atoms. The van der Waals surface area contributed by atoms with E-state index >= 15 is 0 Å². The lowest BCUT2D eigenvalue weighted by Gasteiger charge is -2.18. The molecular weight excluding hydrogens is 339 g/mol. The smallest absolute Gasteiger partial charge is 0.146 e. The lowest BCUT2D eigenvalue weighted by atomic mass is 10.1. The van der Waals surface area contributed by atoms with Gasteiger partial charge in [0.05, 0.1) is 6.20 Å². The maximum Gasteiger partial charge on any atom is 0.146 e. The summed E-state index contributed by atoms with van der Waals surface area (Å²) < 4.78 is 14.9. The van der Waals surface area contributed by atoms with Gasteiger partial charge in [-0.25, -0.2) is 4.39 Å². The summed E-state index contributed by atoms with van der Waals surface area (Å²) in [7, 11) is 0. The van der Waals surface area contributed by atoms with Crippen molar-refractivity contribution in [2.75, 3.05) is 12.3 Å². The van der Waals surface area contributed by atoms with Crippen molar-refractivity contribution in [3.63, 3.8) is 0 Å². The molecule has 0 saturated heterocycles. The summed E-state index contributed by atoms with van der Waals surface area (Å²) in [5, 5.41) is 3.32. The zero-order chi connectivity index (χ0) is 14.4. The summed E-state index contributed by atoms with van der Waals surface area (Å²) in [6, 6.07) is 9.86. The van der Waals surface area contributed by atoms with Gasteiger partial charge in [-0.05, 0) is 36.9 Å². The van der Waals surface area contributed by atoms with Gasteiger partial charge in [-0.3, -0.25) is 4.98 Å². The number of thioether (sulfide) groups is 1. The van der Waals surface area contributed by atoms with Gasteiger partial charge in [0, 0.05) is 32.9 Å². The highest BCUT2D eigenvalue weighted by molar-refractivity contribution is 9.10. The fourth-order valence-corrected chi connectivity index (χ4v) is 3.13. The van der Waals surface area contributed by atoms with Gasteiger partial charge in [-0.1, -0.05) is 22.9 Å². The van der Waals surface area contributed by atoms with Gasteiger partial charge in [-0.2, -0.15) is 0 Å². The number of benzene rings is 1. The second-order valence-corrected chi connectivity index (χ2v) is 6.28. The van der Waals surface area contributed by atoms with Crippen LogP contribution in [0.25, 0.3) is 0 Å². The molecule has 0 aliphatic heterocycles. The Labute approximate surface area is 131 Å². The summed E-state index contributed by atoms with van der Waals surface area (Å²) in [6.07, 6.45) is 2.90. The van der Waals surface area contributed by atoms with Crippen molar-refractivity contribution in [1.82, 2.24) is 10.3 Å². The first kappa shape index (κ1) is 15.5. The fraction of sp³-hybridized carbons (Fsp3) is 0.267. The number of nitrogens with one attached hydrogen (secondary N) is 1. The molecular formula is C15H16BrFN2S. The molecule has 0 aliphatic rings. The minimum atomic E-state index is -0.255. The van der Waals surface area contributed by atoms with Crippen LogP contribution in [0.1, 0.15) is 18.5 Å². The van der Waals surface area contributed by atoms with Crippen molar-refractivity contribution in [2.24, 2.45) is 0 Å². The molecule has 106 valence electrons. The van der Waals surface area contributed by atoms with E-state index in [-0.39, 0.29) is 11.9 Å². The van der Waals surface area contributed by atoms with Crippen LogP contribution in [-0.2, 0) is 0 Å². The minimum Gasteiger partial charge on any atom is -0.309 e. The van der Waals surface area contributed by atoms with Crippen LogP contribution in [0, 0.1) is 5.82 Å². The van der Waals surface area contributed by atoms with Gasteiger partial charge < -0.3 is 5.32 Å². The van der Waals surface area contributed by atoms with Gasteiger partial charge in [0.25, 0.3) is 0 Å². The molecule has 1 atom stereocenters. The minimum absolute atomic E-state index is 0.0170. The maximum absolute atomic E-state index is 13.8. The normalized spacial score (nSPS) is 12.3. The zero-order valence-electron chi connectivity index (χ0n) is 11.1. The lowest BCUT2D eigenvalue weighted by molar-refractivity contribution is 0.541. The molecule has 0 radical (unpaired) electrons. The number of pyridine rings is 1. The fourth-order valence-electron chi connectivity index (χ4n) is 1.88. The Balaban J connectivity index is 2.06. The molecule has 0 spiro atoms. The molecule has 0 fully saturated rings. The van der Waals surface area contributed by atoms with Crippen LogP contribution in [-0.4, -0.2) is 17.3 Å². The monoisotopic (exact) mass is 354 g/mol. The Bertz CT molecular complexity index is 548. The average molecular weight is 355 g/mol. The predicted molar refractivity (Wildman–Crippen MR) is 85.5 cm³/mol. The largest absolute Gasteiger partial charge is 0.309 e. The Morgan fingerprint density at radius 1 is 1.30 bits per heavy atom. The van der Waals surface area contributed by atoms with Gasteiger partial charge in [0.15, 0.2) is 0 Å². The molecule has 1 aromatic carbocycles. The SMILES string of the molecule is CCNC(CSc1ccc(Br)cc1)c1ccncc1F. The van der Waals surface area contributed by atoms with Gasteiger partial charge >= 0.3 is 0 Å². The first-order chi connectivity index (χ1) is 9.70. The third-order valence-corrected chi connectivity index (χ3v) is 4.49. The van der Waals surface area contributed by atoms with Crippen molar-refractivity contribution in [1.29, 1.82) is 0 Å². The molecule has 1 aromatic heterocycles. The topological polar surface area (TPSA) is 24.9 Å². The van der Waals surface area contributed by atoms with Crippen molar-refractivity contribution >= 4 is 27.7 Å². The Morgan fingerprint density at radius 2 is 2.05 bits per heavy atom. The standard InChI is InChI=1S/C15H16BrFN2S/c1-2-19-15(13-7-8-18-9-14(13)17)10-20-12-5-3-11(16)4-6-12/h3-9,15,19H,2,10H2,1H3. The van der Waals surface area contributed by atoms with E-state index in [1.807, 2.05) is 19.1 Å². The molecule has 2 aromatic rings. The van der Waals surface area contributed by atoms with E-state index in [9.17, 15) is 4.39 Å². The third-order valence-electron chi connectivity index (χ3n) is 2.86. The highest BCUT2D eigenvalue weighted by Crippen LogP contribution is 2.26. The maximum atomic E-state index is 13.8. The highest BCUT2D eigenvalue weighted by atomic mass is 79.9. The van der Waals surface area contributed by atoms with E-state index in [1.54, 1.807) is 24.0 Å². The van der Waals surface area contributed by atoms with Crippen molar-refractivity contribution < 1.29 is 4.39 Å². The van der Waals surface area contributed by atoms with Crippen LogP contribution >= 0.6 is 27.7 Å². The Hall–Kier alpha value is -0.910. The molecule has 1 heterocycles. The van der Waals surface area contributed by atoms with Crippen molar-refractivity contribution in [3.05, 3.63) is 58.6 Å². The second-order valence-electron chi connectivity index (χ2n) is 4.27. The lowest BCUT2D eigenvalue weighted by Crippen LogP contribution is -2.24. The van der Waals surface area contributed by atoms with E-state index in [4.69, 9.17) is 0 Å². The molecule has 2 rings (SSSR count). The van der Waals surface area contributed by atoms with Gasteiger partial charge in [0.2, 0.25) is 0 Å². The number of hydrogen-bond acceptors (Lipinski definition) is 3. The van der Waals surface area contributed by atoms with Crippen LogP contribution < -0.4 is 5.32 Å². The Kier molecular flexibility index (Phi) is 6.01. The van der Waals surface area contributed by atoms with Crippen molar-refractivity contribution in [2.45, 2.75) is 17.9 Å². The van der Waals surface area contributed by atoms with E-state index in [0.29, 0.717) is 5.56 Å². The van der Waals surface area contributed by atoms with E-state index in [0.717, 1.165) is 16.8 Å². The van der Waals surface area contributed by atoms with Crippen LogP contribution in [0.3, 0.4) is 0 Å². The molecule has 0 aliphatic carbocycles. The number of aromatic nitrogens is 1. The van der Waals surface area contributed by atoms with E-state index in [2.05, 4.69) is 38.4 Å². The number of rotatable bonds is 6. The first-order valence-electron chi connectivity index (χ1n) is 6.42. The molecule has 0 amide bonds. The molecule has 1 N–H and O–H groups in total. The number of nitrogens with zero attached hydrogens (tertiary/aromatic N) is 1. The highest BCUT2D eigenvalue weighted by Gasteiger charge is 2.15. The first-order valence-corrected chi connectivity index (χ1v) is 8.19. The van der Waals surface area contributed by atoms with Gasteiger partial charge in [0.1, 0.15) is 5.82 Å². The summed E-state index contributed by atoms with van der Waals surface area (Å²) >= 11 is 5.13. The van der Waals surface area contributed by atoms with E-state index < -0.39 is 0 Å². The quantitative estimate of drug-likeness (QED) is 0.777. The third kappa shape index (κ3) is 4.30. The molecule has 2 nitrogen and oxygen atoms in total. The number of hydrogen-bond donors (Lipinski definition) is 1. The van der Waals surface area contributed by atoms with Crippen LogP contribution in [0.2, 0.25) is 0 Å². The number of halogens is 2. The van der Waals surface area contributed by atoms with Gasteiger partial charge in [-0.15, -0.1) is 11.8 Å². The molecule has 0 saturated carbocycles. The Morgan fingerprint density at radius 3 is 2.70 bits per heavy atom. The van der Waals surface area contributed by atoms with Crippen LogP contribution in [0.4, 0.5) is 4.39 Å². The summed E-state index contributed by atoms with van der Waals surface area (Å²) in [5.74, 6) is 0.519. The second kappa shape index (κ2) is 7.76. The summed E-state index contributed by atoms with van der Waals surface area (Å²) in [6.45, 7) is 2.82. The van der Waals surface area contributed by atoms with E-state index in [1.165, 1.54) is 11.1 Å². The molecule has 1 unspecified atom stereocenters. The van der Waals surface area contributed by atoms with Crippen molar-refractivity contribution in [3.8, 4) is 0 Å². The predicted octanol–water partition coefficient (Wildman–Crippen LogP) is 4.43. The summed E-state index contributed by atoms with van der Waals surface area (Å²) in [4.78, 5) is 4.97. The zero-order valence-corrected chi connectivity index (χ0v) is 13.5. The van der Waals surface area contributed by atoms with Crippen LogP contribution in [0.5, 0.6) is 0 Å². The van der Waals surface area contributed by atoms with Crippen LogP contribution in [0.15, 0.2) is 52.1 Å². The average Bonchev–Trinajstić information content (AvgIpc) is 2.46. The summed E-state index contributed by atoms with van der Waals surface area (Å²) in [5.41, 5.74) is 0.673.